The standard InChI is InChI=1S/C31H39N3O6/c1-4-9-24(28(37)30-33-23-11-6-8-13-26(23)40-30)32-29(38)22(18-27(36)34-14-16-39-17-15-34)20-31(2,3)19-21-10-5-7-12-25(21)35/h5-8,10-13,22,24,35H,4,9,14-20H2,1-3H3,(H,32,38)/t22-,24-/m0/s1. The third kappa shape index (κ3) is 7.47. The maximum Gasteiger partial charge on any atom is 0.266 e. The second-order valence-corrected chi connectivity index (χ2v) is 11.3. The van der Waals surface area contributed by atoms with Gasteiger partial charge < -0.3 is 24.5 Å². The summed E-state index contributed by atoms with van der Waals surface area (Å²) in [6, 6.07) is 13.4. The van der Waals surface area contributed by atoms with Crippen LogP contribution in [0, 0.1) is 11.3 Å². The molecule has 2 atom stereocenters. The van der Waals surface area contributed by atoms with E-state index in [1.54, 1.807) is 35.2 Å². The summed E-state index contributed by atoms with van der Waals surface area (Å²) >= 11 is 0. The fourth-order valence-electron chi connectivity index (χ4n) is 5.30. The summed E-state index contributed by atoms with van der Waals surface area (Å²) in [6.45, 7) is 7.90. The number of phenols is 1. The van der Waals surface area contributed by atoms with E-state index in [0.29, 0.717) is 63.1 Å². The van der Waals surface area contributed by atoms with Crippen molar-refractivity contribution in [2.24, 2.45) is 11.3 Å². The molecule has 1 saturated heterocycles. The lowest BCUT2D eigenvalue weighted by Gasteiger charge is -2.32. The molecule has 2 N–H and O–H groups in total. The van der Waals surface area contributed by atoms with E-state index in [1.807, 2.05) is 39.0 Å². The molecule has 1 fully saturated rings. The van der Waals surface area contributed by atoms with Gasteiger partial charge in [0.2, 0.25) is 17.6 Å². The number of ether oxygens (including phenoxy) is 1. The molecule has 2 aromatic carbocycles. The number of oxazole rings is 1. The van der Waals surface area contributed by atoms with Crippen molar-refractivity contribution in [3.8, 4) is 5.75 Å². The Balaban J connectivity index is 1.54. The van der Waals surface area contributed by atoms with Crippen LogP contribution in [0.3, 0.4) is 0 Å². The second kappa shape index (κ2) is 13.1. The maximum absolute atomic E-state index is 13.8. The first-order valence-electron chi connectivity index (χ1n) is 14.0. The number of nitrogens with zero attached hydrogens (tertiary/aromatic N) is 2. The van der Waals surface area contributed by atoms with Gasteiger partial charge in [-0.1, -0.05) is 57.5 Å². The smallest absolute Gasteiger partial charge is 0.266 e. The van der Waals surface area contributed by atoms with Crippen LogP contribution in [0.15, 0.2) is 52.9 Å². The number of hydrogen-bond donors (Lipinski definition) is 2. The Labute approximate surface area is 234 Å². The van der Waals surface area contributed by atoms with E-state index in [0.717, 1.165) is 5.56 Å². The van der Waals surface area contributed by atoms with Crippen LogP contribution in [-0.4, -0.2) is 64.9 Å². The highest BCUT2D eigenvalue weighted by atomic mass is 16.5. The number of rotatable bonds is 12. The summed E-state index contributed by atoms with van der Waals surface area (Å²) in [6.07, 6.45) is 2.00. The van der Waals surface area contributed by atoms with E-state index in [9.17, 15) is 19.5 Å². The van der Waals surface area contributed by atoms with Gasteiger partial charge in [-0.2, -0.15) is 0 Å². The first-order valence-corrected chi connectivity index (χ1v) is 14.0. The van der Waals surface area contributed by atoms with Crippen LogP contribution in [0.4, 0.5) is 0 Å². The van der Waals surface area contributed by atoms with Crippen LogP contribution in [-0.2, 0) is 20.7 Å². The lowest BCUT2D eigenvalue weighted by atomic mass is 9.76. The molecule has 0 bridgehead atoms. The molecule has 2 amide bonds. The highest BCUT2D eigenvalue weighted by Crippen LogP contribution is 2.34. The van der Waals surface area contributed by atoms with Gasteiger partial charge in [0.05, 0.1) is 19.3 Å². The van der Waals surface area contributed by atoms with Crippen LogP contribution in [0.5, 0.6) is 5.75 Å². The van der Waals surface area contributed by atoms with Crippen molar-refractivity contribution >= 4 is 28.7 Å². The number of ketones is 1. The van der Waals surface area contributed by atoms with Gasteiger partial charge in [-0.25, -0.2) is 4.98 Å². The summed E-state index contributed by atoms with van der Waals surface area (Å²) in [5, 5.41) is 13.3. The van der Waals surface area contributed by atoms with Crippen LogP contribution in [0.1, 0.15) is 62.7 Å². The molecule has 0 aliphatic carbocycles. The van der Waals surface area contributed by atoms with E-state index in [-0.39, 0.29) is 29.9 Å². The summed E-state index contributed by atoms with van der Waals surface area (Å²) in [4.78, 5) is 46.5. The van der Waals surface area contributed by atoms with E-state index in [1.165, 1.54) is 0 Å². The summed E-state index contributed by atoms with van der Waals surface area (Å²) in [7, 11) is 0. The summed E-state index contributed by atoms with van der Waals surface area (Å²) in [5.41, 5.74) is 1.44. The maximum atomic E-state index is 13.8. The zero-order valence-corrected chi connectivity index (χ0v) is 23.5. The van der Waals surface area contributed by atoms with Crippen LogP contribution in [0.25, 0.3) is 11.1 Å². The molecule has 1 aliphatic heterocycles. The molecule has 2 heterocycles. The Morgan fingerprint density at radius 2 is 1.77 bits per heavy atom. The van der Waals surface area contributed by atoms with E-state index < -0.39 is 23.2 Å². The minimum atomic E-state index is -0.826. The first kappa shape index (κ1) is 29.3. The Hall–Kier alpha value is -3.72. The lowest BCUT2D eigenvalue weighted by molar-refractivity contribution is -0.140. The highest BCUT2D eigenvalue weighted by Gasteiger charge is 2.35. The van der Waals surface area contributed by atoms with Crippen LogP contribution < -0.4 is 5.32 Å². The molecule has 214 valence electrons. The van der Waals surface area contributed by atoms with Crippen molar-refractivity contribution in [3.05, 3.63) is 60.0 Å². The molecule has 3 aromatic rings. The van der Waals surface area contributed by atoms with Gasteiger partial charge >= 0.3 is 0 Å². The number of carbonyl (C=O) groups excluding carboxylic acids is 3. The van der Waals surface area contributed by atoms with Crippen molar-refractivity contribution in [1.29, 1.82) is 0 Å². The monoisotopic (exact) mass is 549 g/mol. The topological polar surface area (TPSA) is 122 Å². The summed E-state index contributed by atoms with van der Waals surface area (Å²) < 4.78 is 11.1. The molecule has 0 radical (unpaired) electrons. The number of hydrogen-bond acceptors (Lipinski definition) is 7. The van der Waals surface area contributed by atoms with Gasteiger partial charge in [0.25, 0.3) is 5.89 Å². The molecule has 9 nitrogen and oxygen atoms in total. The van der Waals surface area contributed by atoms with Crippen molar-refractivity contribution in [2.45, 2.75) is 58.9 Å². The third-order valence-electron chi connectivity index (χ3n) is 7.33. The van der Waals surface area contributed by atoms with E-state index in [2.05, 4.69) is 10.3 Å². The van der Waals surface area contributed by atoms with Gasteiger partial charge in [-0.15, -0.1) is 0 Å². The Morgan fingerprint density at radius 3 is 2.48 bits per heavy atom. The molecule has 9 heteroatoms. The zero-order valence-electron chi connectivity index (χ0n) is 23.5. The average Bonchev–Trinajstić information content (AvgIpc) is 3.38. The van der Waals surface area contributed by atoms with Gasteiger partial charge in [0.1, 0.15) is 11.3 Å². The second-order valence-electron chi connectivity index (χ2n) is 11.3. The minimum absolute atomic E-state index is 0.0198. The molecule has 1 aliphatic rings. The summed E-state index contributed by atoms with van der Waals surface area (Å²) in [5.74, 6) is -1.37. The SMILES string of the molecule is CCC[C@H](NC(=O)[C@@H](CC(=O)N1CCOCC1)CC(C)(C)Cc1ccccc1O)C(=O)c1nc2ccccc2o1. The number of amides is 2. The normalized spacial score (nSPS) is 15.5. The average molecular weight is 550 g/mol. The third-order valence-corrected chi connectivity index (χ3v) is 7.33. The Morgan fingerprint density at radius 1 is 1.07 bits per heavy atom. The number of carbonyl (C=O) groups is 3. The number of Topliss-reactive ketones (excluding diaryl/α,β-unsaturated/α-hetero) is 1. The van der Waals surface area contributed by atoms with Crippen molar-refractivity contribution in [1.82, 2.24) is 15.2 Å². The number of aromatic nitrogens is 1. The first-order chi connectivity index (χ1) is 19.2. The molecular formula is C31H39N3O6. The molecule has 40 heavy (non-hydrogen) atoms. The van der Waals surface area contributed by atoms with Gasteiger partial charge in [0, 0.05) is 25.4 Å². The predicted octanol–water partition coefficient (Wildman–Crippen LogP) is 4.53. The van der Waals surface area contributed by atoms with Gasteiger partial charge in [-0.3, -0.25) is 14.4 Å². The van der Waals surface area contributed by atoms with Crippen LogP contribution >= 0.6 is 0 Å². The fourth-order valence-corrected chi connectivity index (χ4v) is 5.30. The number of fused-ring (bicyclic) bond motifs is 1. The number of phenolic OH excluding ortho intramolecular Hbond substituents is 1. The predicted molar refractivity (Wildman–Crippen MR) is 151 cm³/mol. The number of morpholine rings is 1. The minimum Gasteiger partial charge on any atom is -0.508 e. The molecule has 0 spiro atoms. The van der Waals surface area contributed by atoms with Crippen molar-refractivity contribution < 1.29 is 28.6 Å². The largest absolute Gasteiger partial charge is 0.508 e. The van der Waals surface area contributed by atoms with Crippen molar-refractivity contribution in [2.75, 3.05) is 26.3 Å². The van der Waals surface area contributed by atoms with E-state index >= 15 is 0 Å². The van der Waals surface area contributed by atoms with Crippen molar-refractivity contribution in [3.63, 3.8) is 0 Å². The number of benzene rings is 2. The zero-order chi connectivity index (χ0) is 28.7. The quantitative estimate of drug-likeness (QED) is 0.319. The number of nitrogens with one attached hydrogen (secondary N) is 1. The fraction of sp³-hybridized carbons (Fsp3) is 0.484. The number of para-hydroxylation sites is 3. The highest BCUT2D eigenvalue weighted by molar-refractivity contribution is 6.00. The van der Waals surface area contributed by atoms with E-state index in [4.69, 9.17) is 9.15 Å². The molecule has 4 rings (SSSR count). The molecule has 1 aromatic heterocycles. The van der Waals surface area contributed by atoms with Gasteiger partial charge in [-0.05, 0) is 48.4 Å². The Kier molecular flexibility index (Phi) is 9.58. The molecule has 0 saturated carbocycles. The Bertz CT molecular complexity index is 1290. The lowest BCUT2D eigenvalue weighted by Crippen LogP contribution is -2.47. The van der Waals surface area contributed by atoms with Gasteiger partial charge in [0.15, 0.2) is 5.58 Å². The molecule has 0 unspecified atom stereocenters. The number of aromatic hydroxyl groups is 1. The van der Waals surface area contributed by atoms with Crippen LogP contribution in [0.2, 0.25) is 0 Å². The molecular weight excluding hydrogens is 510 g/mol.